The highest BCUT2D eigenvalue weighted by molar-refractivity contribution is 5.95. The van der Waals surface area contributed by atoms with E-state index in [1.165, 1.54) is 4.90 Å². The fraction of sp³-hybridized carbons (Fsp3) is 0.512. The van der Waals surface area contributed by atoms with Crippen molar-refractivity contribution in [1.29, 1.82) is 0 Å². The van der Waals surface area contributed by atoms with Gasteiger partial charge in [0, 0.05) is 67.4 Å². The molecule has 3 amide bonds. The van der Waals surface area contributed by atoms with E-state index in [9.17, 15) is 19.2 Å². The van der Waals surface area contributed by atoms with Crippen LogP contribution in [-0.2, 0) is 48.0 Å². The molecular formula is C41H55N7O7. The van der Waals surface area contributed by atoms with Crippen molar-refractivity contribution in [3.05, 3.63) is 59.9 Å². The van der Waals surface area contributed by atoms with Crippen LogP contribution in [0.25, 0.3) is 33.5 Å². The molecule has 3 aromatic heterocycles. The van der Waals surface area contributed by atoms with Gasteiger partial charge in [0.15, 0.2) is 11.7 Å². The van der Waals surface area contributed by atoms with Crippen LogP contribution in [-0.4, -0.2) is 95.1 Å². The van der Waals surface area contributed by atoms with Gasteiger partial charge in [-0.25, -0.2) is 10.4 Å². The number of likely N-dealkylation sites (N-methyl/N-ethyl adjacent to an activating group) is 1. The molecular weight excluding hydrogens is 702 g/mol. The van der Waals surface area contributed by atoms with E-state index in [1.807, 2.05) is 32.9 Å². The first-order valence-electron chi connectivity index (χ1n) is 19.0. The minimum Gasteiger partial charge on any atom is -0.467 e. The lowest BCUT2D eigenvalue weighted by atomic mass is 9.84. The number of aromatic nitrogens is 3. The molecule has 0 aliphatic carbocycles. The van der Waals surface area contributed by atoms with Gasteiger partial charge in [-0.2, -0.15) is 0 Å². The van der Waals surface area contributed by atoms with Crippen molar-refractivity contribution in [3.8, 4) is 22.6 Å². The summed E-state index contributed by atoms with van der Waals surface area (Å²) >= 11 is 0. The van der Waals surface area contributed by atoms with Crippen LogP contribution in [0.3, 0.4) is 0 Å². The average molecular weight is 758 g/mol. The third kappa shape index (κ3) is 9.25. The number of hydrogen-bond acceptors (Lipinski definition) is 10. The second-order valence-corrected chi connectivity index (χ2v) is 15.3. The number of hydrazine groups is 1. The molecule has 1 aromatic carbocycles. The Labute approximate surface area is 322 Å². The number of nitrogens with one attached hydrogen (secondary N) is 2. The number of fused-ring (bicyclic) bond motifs is 1. The van der Waals surface area contributed by atoms with Crippen molar-refractivity contribution < 1.29 is 33.1 Å². The Kier molecular flexibility index (Phi) is 13.5. The molecule has 3 unspecified atom stereocenters. The first kappa shape index (κ1) is 41.1. The second kappa shape index (κ2) is 18.0. The molecule has 0 bridgehead atoms. The van der Waals surface area contributed by atoms with Crippen molar-refractivity contribution in [2.45, 2.75) is 92.0 Å². The Morgan fingerprint density at radius 2 is 1.93 bits per heavy atom. The monoisotopic (exact) mass is 757 g/mol. The Morgan fingerprint density at radius 3 is 2.58 bits per heavy atom. The van der Waals surface area contributed by atoms with E-state index >= 15 is 0 Å². The van der Waals surface area contributed by atoms with Gasteiger partial charge in [0.1, 0.15) is 12.1 Å². The number of aryl methyl sites for hydroxylation is 1. The highest BCUT2D eigenvalue weighted by Crippen LogP contribution is 2.41. The van der Waals surface area contributed by atoms with Crippen LogP contribution in [0.4, 0.5) is 0 Å². The lowest BCUT2D eigenvalue weighted by Crippen LogP contribution is -2.59. The van der Waals surface area contributed by atoms with Crippen LogP contribution in [0.15, 0.2) is 47.1 Å². The summed E-state index contributed by atoms with van der Waals surface area (Å²) in [5, 5.41) is 5.45. The smallest absolute Gasteiger partial charge is 0.293 e. The number of carbonyl (C=O) groups excluding carboxylic acids is 4. The molecule has 296 valence electrons. The molecule has 0 radical (unpaired) electrons. The summed E-state index contributed by atoms with van der Waals surface area (Å²) in [5.74, 6) is -0.141. The Balaban J connectivity index is 1.56. The molecule has 1 fully saturated rings. The molecule has 55 heavy (non-hydrogen) atoms. The van der Waals surface area contributed by atoms with Gasteiger partial charge >= 0.3 is 0 Å². The Bertz CT molecular complexity index is 1960. The van der Waals surface area contributed by atoms with Crippen LogP contribution in [0, 0.1) is 11.3 Å². The number of carbonyl (C=O) groups is 4. The standard InChI is InChI=1S/C41H55N7O7/c1-9-47-33-15-14-28(19-30(33)31(21-41(5,6)23-54-25-50)38(47)29-13-12-16-42-36(29)27(4)53-8)34-22-43-35(55-34)20-32(40(52)48-18-11-10-17-44-48)45-39(51)37(26(2)3)46(7)24-49/h12-16,19,22,24-27,32,37,44H,9-11,17-18,20-21,23H2,1-8H3,(H,45,51). The van der Waals surface area contributed by atoms with Gasteiger partial charge < -0.3 is 28.7 Å². The third-order valence-electron chi connectivity index (χ3n) is 10.2. The zero-order valence-electron chi connectivity index (χ0n) is 33.3. The predicted octanol–water partition coefficient (Wildman–Crippen LogP) is 5.09. The molecule has 14 nitrogen and oxygen atoms in total. The van der Waals surface area contributed by atoms with Crippen molar-refractivity contribution in [3.63, 3.8) is 0 Å². The maximum absolute atomic E-state index is 13.8. The fourth-order valence-electron chi connectivity index (χ4n) is 7.49. The number of pyridine rings is 1. The van der Waals surface area contributed by atoms with E-state index in [0.29, 0.717) is 44.7 Å². The lowest BCUT2D eigenvalue weighted by Gasteiger charge is -2.33. The van der Waals surface area contributed by atoms with E-state index in [0.717, 1.165) is 51.8 Å². The SMILES string of the molecule is CCn1c(-c2cccnc2C(C)OC)c(CC(C)(C)COC=O)c2cc(-c3cnc(CC(NC(=O)C(C(C)C)N(C)C=O)C(=O)N4CCCCN4)o3)ccc21. The molecule has 1 saturated heterocycles. The molecule has 0 saturated carbocycles. The maximum atomic E-state index is 13.8. The number of hydrogen-bond donors (Lipinski definition) is 2. The van der Waals surface area contributed by atoms with Crippen LogP contribution in [0.1, 0.15) is 77.6 Å². The topological polar surface area (TPSA) is 161 Å². The molecule has 3 atom stereocenters. The van der Waals surface area contributed by atoms with E-state index in [4.69, 9.17) is 18.9 Å². The molecule has 0 spiro atoms. The van der Waals surface area contributed by atoms with Gasteiger partial charge in [-0.05, 0) is 74.9 Å². The maximum Gasteiger partial charge on any atom is 0.293 e. The summed E-state index contributed by atoms with van der Waals surface area (Å²) in [6, 6.07) is 8.38. The Morgan fingerprint density at radius 1 is 1.15 bits per heavy atom. The Hall–Kier alpha value is -5.08. The first-order valence-corrected chi connectivity index (χ1v) is 19.0. The molecule has 4 heterocycles. The van der Waals surface area contributed by atoms with Crippen molar-refractivity contribution in [2.24, 2.45) is 11.3 Å². The van der Waals surface area contributed by atoms with E-state index in [2.05, 4.69) is 59.3 Å². The molecule has 2 N–H and O–H groups in total. The second-order valence-electron chi connectivity index (χ2n) is 15.3. The summed E-state index contributed by atoms with van der Waals surface area (Å²) in [6.07, 6.45) is 6.14. The quantitative estimate of drug-likeness (QED) is 0.131. The number of amides is 3. The minimum absolute atomic E-state index is 0.00855. The molecule has 1 aliphatic heterocycles. The van der Waals surface area contributed by atoms with Crippen molar-refractivity contribution in [2.75, 3.05) is 33.9 Å². The minimum atomic E-state index is -0.986. The van der Waals surface area contributed by atoms with Gasteiger partial charge in [0.25, 0.3) is 12.4 Å². The zero-order chi connectivity index (χ0) is 39.9. The summed E-state index contributed by atoms with van der Waals surface area (Å²) in [7, 11) is 3.22. The van der Waals surface area contributed by atoms with Crippen molar-refractivity contribution >= 4 is 35.6 Å². The molecule has 4 aromatic rings. The summed E-state index contributed by atoms with van der Waals surface area (Å²) in [4.78, 5) is 60.9. The van der Waals surface area contributed by atoms with E-state index < -0.39 is 23.4 Å². The number of oxazole rings is 1. The molecule has 1 aliphatic rings. The number of ether oxygens (including phenoxy) is 2. The number of methoxy groups -OCH3 is 1. The summed E-state index contributed by atoms with van der Waals surface area (Å²) in [5.41, 5.74) is 8.39. The van der Waals surface area contributed by atoms with Crippen LogP contribution < -0.4 is 10.7 Å². The number of nitrogens with zero attached hydrogens (tertiary/aromatic N) is 5. The normalized spacial score (nSPS) is 15.1. The highest BCUT2D eigenvalue weighted by atomic mass is 16.5. The molecule has 5 rings (SSSR count). The number of benzene rings is 1. The fourth-order valence-corrected chi connectivity index (χ4v) is 7.49. The predicted molar refractivity (Wildman–Crippen MR) is 208 cm³/mol. The third-order valence-corrected chi connectivity index (χ3v) is 10.2. The first-order chi connectivity index (χ1) is 26.3. The van der Waals surface area contributed by atoms with Gasteiger partial charge in [-0.1, -0.05) is 27.7 Å². The average Bonchev–Trinajstić information content (AvgIpc) is 3.77. The summed E-state index contributed by atoms with van der Waals surface area (Å²) < 4.78 is 19.6. The van der Waals surface area contributed by atoms with Crippen LogP contribution in [0.5, 0.6) is 0 Å². The van der Waals surface area contributed by atoms with Crippen molar-refractivity contribution in [1.82, 2.24) is 35.2 Å². The van der Waals surface area contributed by atoms with Crippen LogP contribution >= 0.6 is 0 Å². The van der Waals surface area contributed by atoms with Gasteiger partial charge in [-0.15, -0.1) is 0 Å². The molecule has 14 heteroatoms. The summed E-state index contributed by atoms with van der Waals surface area (Å²) in [6.45, 7) is 14.5. The van der Waals surface area contributed by atoms with E-state index in [1.54, 1.807) is 31.6 Å². The lowest BCUT2D eigenvalue weighted by molar-refractivity contribution is -0.142. The van der Waals surface area contributed by atoms with Crippen LogP contribution in [0.2, 0.25) is 0 Å². The van der Waals surface area contributed by atoms with E-state index in [-0.39, 0.29) is 36.8 Å². The van der Waals surface area contributed by atoms with Gasteiger partial charge in [-0.3, -0.25) is 29.2 Å². The highest BCUT2D eigenvalue weighted by Gasteiger charge is 2.34. The van der Waals surface area contributed by atoms with Gasteiger partial charge in [0.2, 0.25) is 12.3 Å². The zero-order valence-corrected chi connectivity index (χ0v) is 33.3. The largest absolute Gasteiger partial charge is 0.467 e. The van der Waals surface area contributed by atoms with Gasteiger partial charge in [0.05, 0.1) is 36.7 Å². The number of rotatable bonds is 18.